The minimum Gasteiger partial charge on any atom is -0.449 e. The number of nitrogens with one attached hydrogen (secondary N) is 1. The summed E-state index contributed by atoms with van der Waals surface area (Å²) in [7, 11) is 0. The normalized spacial score (nSPS) is 25.1. The molecule has 13 nitrogen and oxygen atoms in total. The summed E-state index contributed by atoms with van der Waals surface area (Å²) in [5, 5.41) is 35.3. The van der Waals surface area contributed by atoms with Crippen molar-refractivity contribution in [2.24, 2.45) is 5.11 Å². The molecule has 0 aromatic carbocycles. The summed E-state index contributed by atoms with van der Waals surface area (Å²) in [6.07, 6.45) is 1.77. The lowest BCUT2D eigenvalue weighted by atomic mass is 10.1. The summed E-state index contributed by atoms with van der Waals surface area (Å²) in [6, 6.07) is 1.27. The van der Waals surface area contributed by atoms with E-state index in [-0.39, 0.29) is 12.4 Å². The minimum atomic E-state index is -2.14. The van der Waals surface area contributed by atoms with Crippen molar-refractivity contribution in [3.63, 3.8) is 0 Å². The molecule has 0 saturated carbocycles. The second-order valence-electron chi connectivity index (χ2n) is 7.17. The lowest BCUT2D eigenvalue weighted by molar-refractivity contribution is -0.125. The number of azide groups is 1. The van der Waals surface area contributed by atoms with Crippen LogP contribution in [0.3, 0.4) is 0 Å². The molecule has 0 aliphatic carbocycles. The van der Waals surface area contributed by atoms with E-state index < -0.39 is 42.6 Å². The number of amides is 1. The molecule has 1 aromatic rings. The molecule has 1 aliphatic heterocycles. The molecule has 1 amide bonds. The van der Waals surface area contributed by atoms with Crippen LogP contribution in [0.4, 0.5) is 10.6 Å². The van der Waals surface area contributed by atoms with Crippen LogP contribution in [0, 0.1) is 0 Å². The molecule has 4 N–H and O–H groups in total. The Hall–Kier alpha value is -2.70. The van der Waals surface area contributed by atoms with E-state index in [1.807, 2.05) is 0 Å². The van der Waals surface area contributed by atoms with Crippen LogP contribution in [0.2, 0.25) is 0 Å². The van der Waals surface area contributed by atoms with Gasteiger partial charge < -0.3 is 24.8 Å². The number of hydrogen-bond donors (Lipinski definition) is 4. The third kappa shape index (κ3) is 6.15. The van der Waals surface area contributed by atoms with Gasteiger partial charge in [0.15, 0.2) is 6.23 Å². The molecule has 1 aromatic heterocycles. The van der Waals surface area contributed by atoms with E-state index in [0.29, 0.717) is 0 Å². The lowest BCUT2D eigenvalue weighted by Crippen LogP contribution is -2.44. The van der Waals surface area contributed by atoms with Gasteiger partial charge in [-0.3, -0.25) is 9.88 Å². The summed E-state index contributed by atoms with van der Waals surface area (Å²) in [5.74, 6) is -0.0781. The van der Waals surface area contributed by atoms with Crippen LogP contribution >= 0.6 is 0 Å². The van der Waals surface area contributed by atoms with Crippen molar-refractivity contribution in [3.05, 3.63) is 33.2 Å². The van der Waals surface area contributed by atoms with Crippen molar-refractivity contribution in [3.8, 4) is 0 Å². The second kappa shape index (κ2) is 11.6. The fourth-order valence-electron chi connectivity index (χ4n) is 3.18. The van der Waals surface area contributed by atoms with Crippen LogP contribution in [0.5, 0.6) is 0 Å². The molecule has 13 heteroatoms. The molecule has 1 fully saturated rings. The van der Waals surface area contributed by atoms with Gasteiger partial charge in [0.1, 0.15) is 18.0 Å². The number of rotatable bonds is 11. The van der Waals surface area contributed by atoms with Gasteiger partial charge in [-0.2, -0.15) is 4.98 Å². The van der Waals surface area contributed by atoms with Gasteiger partial charge >= 0.3 is 11.8 Å². The Morgan fingerprint density at radius 2 is 2.10 bits per heavy atom. The Bertz CT molecular complexity index is 843. The standard InChI is InChI=1S/C18H28N6O7/c1-2-3-4-5-6-7-10-30-17(29)21-12-8-9-24(16(28)20-12)15-13(26)14(27)18(11-25,31-15)22-23-19/h8-9,13-15,25-27H,2-7,10-11H2,1H3,(H,20,21,28,29)/t13-,14+,15+,18-/m1/s1. The zero-order valence-corrected chi connectivity index (χ0v) is 17.3. The maximum atomic E-state index is 12.3. The predicted octanol–water partition coefficient (Wildman–Crippen LogP) is 1.40. The number of ether oxygens (including phenoxy) is 2. The van der Waals surface area contributed by atoms with E-state index in [2.05, 4.69) is 27.3 Å². The molecule has 2 heterocycles. The largest absolute Gasteiger partial charge is 0.449 e. The molecule has 31 heavy (non-hydrogen) atoms. The lowest BCUT2D eigenvalue weighted by Gasteiger charge is -2.23. The van der Waals surface area contributed by atoms with Crippen molar-refractivity contribution in [2.75, 3.05) is 18.5 Å². The number of unbranched alkanes of at least 4 members (excludes halogenated alkanes) is 5. The molecule has 172 valence electrons. The zero-order chi connectivity index (χ0) is 22.9. The number of carbonyl (C=O) groups is 1. The van der Waals surface area contributed by atoms with Crippen LogP contribution in [0.1, 0.15) is 51.7 Å². The van der Waals surface area contributed by atoms with Gasteiger partial charge in [-0.05, 0) is 18.0 Å². The monoisotopic (exact) mass is 440 g/mol. The Morgan fingerprint density at radius 3 is 2.74 bits per heavy atom. The van der Waals surface area contributed by atoms with Gasteiger partial charge in [-0.25, -0.2) is 9.59 Å². The van der Waals surface area contributed by atoms with Gasteiger partial charge in [-0.1, -0.05) is 44.1 Å². The van der Waals surface area contributed by atoms with Crippen LogP contribution in [0.25, 0.3) is 10.4 Å². The molecule has 2 rings (SSSR count). The first-order valence-electron chi connectivity index (χ1n) is 10.1. The summed E-state index contributed by atoms with van der Waals surface area (Å²) >= 11 is 0. The molecule has 0 radical (unpaired) electrons. The van der Waals surface area contributed by atoms with E-state index in [1.54, 1.807) is 0 Å². The maximum absolute atomic E-state index is 12.3. The van der Waals surface area contributed by atoms with Gasteiger partial charge in [0, 0.05) is 11.1 Å². The number of nitrogens with zero attached hydrogens (tertiary/aromatic N) is 5. The third-order valence-electron chi connectivity index (χ3n) is 4.91. The fourth-order valence-corrected chi connectivity index (χ4v) is 3.18. The quantitative estimate of drug-likeness (QED) is 0.172. The fraction of sp³-hybridized carbons (Fsp3) is 0.722. The van der Waals surface area contributed by atoms with Gasteiger partial charge in [0.2, 0.25) is 5.72 Å². The Labute approximate surface area is 178 Å². The highest BCUT2D eigenvalue weighted by atomic mass is 16.6. The molecular formula is C18H28N6O7. The average Bonchev–Trinajstić information content (AvgIpc) is 2.99. The molecule has 4 atom stereocenters. The summed E-state index contributed by atoms with van der Waals surface area (Å²) in [5.41, 5.74) is 5.57. The summed E-state index contributed by atoms with van der Waals surface area (Å²) in [6.45, 7) is 1.47. The van der Waals surface area contributed by atoms with Crippen molar-refractivity contribution in [1.82, 2.24) is 9.55 Å². The summed E-state index contributed by atoms with van der Waals surface area (Å²) < 4.78 is 11.2. The number of carbonyl (C=O) groups excluding carboxylic acids is 1. The second-order valence-corrected chi connectivity index (χ2v) is 7.17. The molecule has 0 spiro atoms. The first-order valence-corrected chi connectivity index (χ1v) is 10.1. The molecule has 1 aliphatic rings. The molecular weight excluding hydrogens is 412 g/mol. The highest BCUT2D eigenvalue weighted by Gasteiger charge is 2.54. The zero-order valence-electron chi connectivity index (χ0n) is 17.3. The van der Waals surface area contributed by atoms with Crippen molar-refractivity contribution < 1.29 is 29.6 Å². The highest BCUT2D eigenvalue weighted by molar-refractivity contribution is 5.83. The van der Waals surface area contributed by atoms with Crippen molar-refractivity contribution in [2.45, 2.75) is 69.6 Å². The Kier molecular flexibility index (Phi) is 9.21. The Balaban J connectivity index is 1.94. The van der Waals surface area contributed by atoms with E-state index in [4.69, 9.17) is 15.0 Å². The Morgan fingerprint density at radius 1 is 1.39 bits per heavy atom. The average molecular weight is 440 g/mol. The third-order valence-corrected chi connectivity index (χ3v) is 4.91. The van der Waals surface area contributed by atoms with Gasteiger partial charge in [-0.15, -0.1) is 0 Å². The SMILES string of the molecule is CCCCCCCCOC(=O)Nc1ccn([C@H]2O[C@@](CO)(N=[N+]=[N-])[C@@H](O)[C@H]2O)c(=O)n1. The highest BCUT2D eigenvalue weighted by Crippen LogP contribution is 2.37. The van der Waals surface area contributed by atoms with E-state index in [9.17, 15) is 24.9 Å². The molecule has 0 bridgehead atoms. The van der Waals surface area contributed by atoms with E-state index >= 15 is 0 Å². The topological polar surface area (TPSA) is 192 Å². The number of hydrogen-bond acceptors (Lipinski definition) is 9. The smallest absolute Gasteiger partial charge is 0.412 e. The minimum absolute atomic E-state index is 0.0781. The number of anilines is 1. The van der Waals surface area contributed by atoms with E-state index in [0.717, 1.165) is 36.7 Å². The van der Waals surface area contributed by atoms with Crippen LogP contribution in [-0.2, 0) is 9.47 Å². The van der Waals surface area contributed by atoms with Gasteiger partial charge in [0.25, 0.3) is 0 Å². The van der Waals surface area contributed by atoms with Crippen LogP contribution in [-0.4, -0.2) is 62.1 Å². The van der Waals surface area contributed by atoms with Crippen molar-refractivity contribution >= 4 is 11.9 Å². The van der Waals surface area contributed by atoms with Gasteiger partial charge in [0.05, 0.1) is 13.2 Å². The van der Waals surface area contributed by atoms with Crippen LogP contribution in [0.15, 0.2) is 22.2 Å². The maximum Gasteiger partial charge on any atom is 0.412 e. The first-order chi connectivity index (χ1) is 14.9. The molecule has 1 saturated heterocycles. The number of aliphatic hydroxyl groups excluding tert-OH is 3. The predicted molar refractivity (Wildman–Crippen MR) is 108 cm³/mol. The molecule has 0 unspecified atom stereocenters. The summed E-state index contributed by atoms with van der Waals surface area (Å²) in [4.78, 5) is 30.3. The number of aliphatic hydroxyl groups is 3. The van der Waals surface area contributed by atoms with E-state index in [1.165, 1.54) is 18.7 Å². The number of aromatic nitrogens is 2. The first kappa shape index (κ1) is 24.6. The van der Waals surface area contributed by atoms with Crippen molar-refractivity contribution in [1.29, 1.82) is 0 Å². The van der Waals surface area contributed by atoms with Crippen LogP contribution < -0.4 is 11.0 Å².